The van der Waals surface area contributed by atoms with E-state index in [1.807, 2.05) is 0 Å². The van der Waals surface area contributed by atoms with Crippen LogP contribution < -0.4 is 5.32 Å². The third kappa shape index (κ3) is 2.53. The number of fused-ring (bicyclic) bond motifs is 1. The second-order valence-electron chi connectivity index (χ2n) is 6.21. The zero-order valence-electron chi connectivity index (χ0n) is 12.2. The number of carboxylic acids is 1. The van der Waals surface area contributed by atoms with Crippen molar-refractivity contribution in [2.24, 2.45) is 5.92 Å². The van der Waals surface area contributed by atoms with Gasteiger partial charge in [0.05, 0.1) is 0 Å². The van der Waals surface area contributed by atoms with Crippen LogP contribution >= 0.6 is 0 Å². The van der Waals surface area contributed by atoms with E-state index in [1.54, 1.807) is 0 Å². The Balaban J connectivity index is 1.74. The summed E-state index contributed by atoms with van der Waals surface area (Å²) in [6, 6.07) is -1.46. The van der Waals surface area contributed by atoms with Gasteiger partial charge in [0.1, 0.15) is 19.1 Å². The topological polar surface area (TPSA) is 107 Å². The number of amides is 4. The fraction of sp³-hybridized carbons (Fsp3) is 0.714. The molecule has 3 unspecified atom stereocenters. The molecule has 0 aromatic rings. The largest absolute Gasteiger partial charge is 0.480 e. The Morgan fingerprint density at radius 1 is 1.23 bits per heavy atom. The molecule has 8 heteroatoms. The quantitative estimate of drug-likeness (QED) is 0.701. The van der Waals surface area contributed by atoms with Gasteiger partial charge in [-0.2, -0.15) is 0 Å². The number of nitrogens with one attached hydrogen (secondary N) is 1. The molecule has 3 rings (SSSR count). The summed E-state index contributed by atoms with van der Waals surface area (Å²) in [7, 11) is 0. The highest BCUT2D eigenvalue weighted by molar-refractivity contribution is 6.03. The zero-order valence-corrected chi connectivity index (χ0v) is 12.2. The Morgan fingerprint density at radius 2 is 1.95 bits per heavy atom. The van der Waals surface area contributed by atoms with Crippen LogP contribution in [0.1, 0.15) is 32.1 Å². The average Bonchev–Trinajstić information content (AvgIpc) is 2.99. The molecule has 3 atom stereocenters. The molecule has 0 aromatic heterocycles. The summed E-state index contributed by atoms with van der Waals surface area (Å²) in [5.41, 5.74) is 0. The molecule has 3 fully saturated rings. The van der Waals surface area contributed by atoms with E-state index in [-0.39, 0.29) is 31.0 Å². The van der Waals surface area contributed by atoms with Gasteiger partial charge in [-0.3, -0.25) is 14.9 Å². The molecule has 0 spiro atoms. The van der Waals surface area contributed by atoms with Crippen molar-refractivity contribution in [2.75, 3.05) is 13.1 Å². The number of likely N-dealkylation sites (tertiary alicyclic amines) is 1. The van der Waals surface area contributed by atoms with Crippen LogP contribution in [-0.2, 0) is 14.4 Å². The van der Waals surface area contributed by atoms with Gasteiger partial charge in [-0.1, -0.05) is 12.8 Å². The first kappa shape index (κ1) is 14.8. The van der Waals surface area contributed by atoms with Gasteiger partial charge in [0.25, 0.3) is 0 Å². The number of carbonyl (C=O) groups is 4. The molecule has 8 nitrogen and oxygen atoms in total. The summed E-state index contributed by atoms with van der Waals surface area (Å²) >= 11 is 0. The Labute approximate surface area is 127 Å². The molecule has 1 saturated carbocycles. The summed E-state index contributed by atoms with van der Waals surface area (Å²) in [6.45, 7) is -0.394. The number of aliphatic carboxylic acids is 1. The number of nitrogens with zero attached hydrogens (tertiary/aromatic N) is 2. The van der Waals surface area contributed by atoms with E-state index in [0.717, 1.165) is 30.6 Å². The SMILES string of the molecule is O=C1CN(CC(=O)N2C(C(=O)O)CC3CCCCC32)C(=O)N1. The predicted octanol–water partition coefficient (Wildman–Crippen LogP) is -0.217. The summed E-state index contributed by atoms with van der Waals surface area (Å²) < 4.78 is 0. The molecule has 2 N–H and O–H groups in total. The second-order valence-corrected chi connectivity index (χ2v) is 6.21. The number of imide groups is 1. The van der Waals surface area contributed by atoms with Gasteiger partial charge in [0.15, 0.2) is 0 Å². The number of carboxylic acid groups (broad SMARTS) is 1. The van der Waals surface area contributed by atoms with E-state index in [0.29, 0.717) is 6.42 Å². The molecule has 0 radical (unpaired) electrons. The van der Waals surface area contributed by atoms with Crippen molar-refractivity contribution in [3.05, 3.63) is 0 Å². The van der Waals surface area contributed by atoms with Gasteiger partial charge in [-0.25, -0.2) is 9.59 Å². The van der Waals surface area contributed by atoms with Crippen LogP contribution in [0.5, 0.6) is 0 Å². The van der Waals surface area contributed by atoms with Crippen LogP contribution in [0.25, 0.3) is 0 Å². The van der Waals surface area contributed by atoms with E-state index < -0.39 is 23.9 Å². The number of urea groups is 1. The van der Waals surface area contributed by atoms with Crippen molar-refractivity contribution in [3.63, 3.8) is 0 Å². The molecule has 1 aliphatic carbocycles. The maximum Gasteiger partial charge on any atom is 0.326 e. The summed E-state index contributed by atoms with van der Waals surface area (Å²) in [5.74, 6) is -1.59. The minimum absolute atomic E-state index is 0.0521. The molecule has 4 amide bonds. The Kier molecular flexibility index (Phi) is 3.76. The van der Waals surface area contributed by atoms with Crippen molar-refractivity contribution in [2.45, 2.75) is 44.2 Å². The molecule has 3 aliphatic rings. The van der Waals surface area contributed by atoms with Crippen molar-refractivity contribution < 1.29 is 24.3 Å². The maximum absolute atomic E-state index is 12.6. The van der Waals surface area contributed by atoms with Crippen molar-refractivity contribution in [1.82, 2.24) is 15.1 Å². The second kappa shape index (κ2) is 5.58. The van der Waals surface area contributed by atoms with Gasteiger partial charge >= 0.3 is 12.0 Å². The van der Waals surface area contributed by atoms with E-state index in [9.17, 15) is 24.3 Å². The van der Waals surface area contributed by atoms with E-state index in [2.05, 4.69) is 5.32 Å². The van der Waals surface area contributed by atoms with Crippen LogP contribution in [0.4, 0.5) is 4.79 Å². The highest BCUT2D eigenvalue weighted by Crippen LogP contribution is 2.39. The Bertz CT molecular complexity index is 535. The minimum atomic E-state index is -0.996. The standard InChI is InChI=1S/C14H19N3O5/c18-11-6-16(14(22)15-11)7-12(19)17-9-4-2-1-3-8(9)5-10(17)13(20)21/h8-10H,1-7H2,(H,20,21)(H,15,18,22). The first-order valence-electron chi connectivity index (χ1n) is 7.60. The van der Waals surface area contributed by atoms with Crippen molar-refractivity contribution >= 4 is 23.8 Å². The first-order chi connectivity index (χ1) is 10.5. The number of rotatable bonds is 3. The average molecular weight is 309 g/mol. The summed E-state index contributed by atoms with van der Waals surface area (Å²) in [6.07, 6.45) is 4.29. The number of hydrogen-bond donors (Lipinski definition) is 2. The lowest BCUT2D eigenvalue weighted by atomic mass is 9.85. The van der Waals surface area contributed by atoms with Crippen LogP contribution in [-0.4, -0.2) is 63.9 Å². The van der Waals surface area contributed by atoms with Crippen LogP contribution in [0.15, 0.2) is 0 Å². The normalized spacial score (nSPS) is 31.2. The first-order valence-corrected chi connectivity index (χ1v) is 7.60. The van der Waals surface area contributed by atoms with Crippen LogP contribution in [0.3, 0.4) is 0 Å². The van der Waals surface area contributed by atoms with Gasteiger partial charge < -0.3 is 14.9 Å². The number of hydrogen-bond acceptors (Lipinski definition) is 4. The summed E-state index contributed by atoms with van der Waals surface area (Å²) in [5, 5.41) is 11.5. The highest BCUT2D eigenvalue weighted by atomic mass is 16.4. The molecular formula is C14H19N3O5. The molecule has 22 heavy (non-hydrogen) atoms. The fourth-order valence-corrected chi connectivity index (χ4v) is 3.89. The van der Waals surface area contributed by atoms with Gasteiger partial charge in [-0.05, 0) is 25.2 Å². The zero-order chi connectivity index (χ0) is 15.9. The molecular weight excluding hydrogens is 290 g/mol. The molecule has 2 saturated heterocycles. The fourth-order valence-electron chi connectivity index (χ4n) is 3.89. The van der Waals surface area contributed by atoms with E-state index >= 15 is 0 Å². The smallest absolute Gasteiger partial charge is 0.326 e. The van der Waals surface area contributed by atoms with E-state index in [1.165, 1.54) is 4.90 Å². The summed E-state index contributed by atoms with van der Waals surface area (Å²) in [4.78, 5) is 49.3. The lowest BCUT2D eigenvalue weighted by Crippen LogP contribution is -2.50. The highest BCUT2D eigenvalue weighted by Gasteiger charge is 2.48. The Morgan fingerprint density at radius 3 is 2.59 bits per heavy atom. The van der Waals surface area contributed by atoms with Crippen molar-refractivity contribution in [1.29, 1.82) is 0 Å². The number of carbonyl (C=O) groups excluding carboxylic acids is 3. The molecule has 0 bridgehead atoms. The third-order valence-corrected chi connectivity index (χ3v) is 4.86. The molecule has 2 aliphatic heterocycles. The molecule has 2 heterocycles. The maximum atomic E-state index is 12.6. The molecule has 0 aromatic carbocycles. The lowest BCUT2D eigenvalue weighted by molar-refractivity contribution is -0.150. The van der Waals surface area contributed by atoms with Gasteiger partial charge in [0, 0.05) is 6.04 Å². The van der Waals surface area contributed by atoms with Crippen LogP contribution in [0, 0.1) is 5.92 Å². The minimum Gasteiger partial charge on any atom is -0.480 e. The monoisotopic (exact) mass is 309 g/mol. The van der Waals surface area contributed by atoms with Gasteiger partial charge in [-0.15, -0.1) is 0 Å². The van der Waals surface area contributed by atoms with Gasteiger partial charge in [0.2, 0.25) is 11.8 Å². The molecule has 120 valence electrons. The van der Waals surface area contributed by atoms with E-state index in [4.69, 9.17) is 0 Å². The Hall–Kier alpha value is -2.12. The van der Waals surface area contributed by atoms with Crippen molar-refractivity contribution in [3.8, 4) is 0 Å². The third-order valence-electron chi connectivity index (χ3n) is 4.86. The van der Waals surface area contributed by atoms with Crippen LogP contribution in [0.2, 0.25) is 0 Å². The predicted molar refractivity (Wildman–Crippen MR) is 73.7 cm³/mol. The lowest BCUT2D eigenvalue weighted by Gasteiger charge is -2.33.